The van der Waals surface area contributed by atoms with Crippen molar-refractivity contribution in [3.05, 3.63) is 38.9 Å². The molecule has 1 fully saturated rings. The molecule has 0 N–H and O–H groups in total. The van der Waals surface area contributed by atoms with Crippen LogP contribution in [-0.4, -0.2) is 28.3 Å². The van der Waals surface area contributed by atoms with Crippen LogP contribution in [0.15, 0.2) is 18.2 Å². The van der Waals surface area contributed by atoms with Crippen molar-refractivity contribution < 1.29 is 9.72 Å². The monoisotopic (exact) mass is 296 g/mol. The van der Waals surface area contributed by atoms with Crippen molar-refractivity contribution >= 4 is 23.2 Å². The molecular formula is C14H17ClN2O3. The summed E-state index contributed by atoms with van der Waals surface area (Å²) in [6.07, 6.45) is 1.98. The van der Waals surface area contributed by atoms with Gasteiger partial charge in [-0.15, -0.1) is 0 Å². The summed E-state index contributed by atoms with van der Waals surface area (Å²) in [5, 5.41) is 10.8. The van der Waals surface area contributed by atoms with Crippen molar-refractivity contribution in [3.8, 4) is 0 Å². The smallest absolute Gasteiger partial charge is 0.288 e. The zero-order valence-electron chi connectivity index (χ0n) is 11.5. The zero-order valence-corrected chi connectivity index (χ0v) is 12.3. The molecule has 0 radical (unpaired) electrons. The third-order valence-electron chi connectivity index (χ3n) is 3.22. The fourth-order valence-corrected chi connectivity index (χ4v) is 2.43. The lowest BCUT2D eigenvalue weighted by molar-refractivity contribution is -0.384. The Kier molecular flexibility index (Phi) is 4.28. The molecule has 1 aromatic carbocycles. The number of amides is 1. The number of hydrogen-bond donors (Lipinski definition) is 0. The number of benzene rings is 1. The van der Waals surface area contributed by atoms with Gasteiger partial charge in [-0.25, -0.2) is 0 Å². The van der Waals surface area contributed by atoms with Crippen LogP contribution in [0.25, 0.3) is 0 Å². The highest BCUT2D eigenvalue weighted by atomic mass is 35.5. The quantitative estimate of drug-likeness (QED) is 0.617. The number of nitro groups is 1. The SMILES string of the molecule is CC(C)CN(C(=O)c1cccc([N+](=O)[O-])c1Cl)C1CC1. The summed E-state index contributed by atoms with van der Waals surface area (Å²) in [6.45, 7) is 4.72. The van der Waals surface area contributed by atoms with Gasteiger partial charge in [0, 0.05) is 18.7 Å². The van der Waals surface area contributed by atoms with E-state index in [1.165, 1.54) is 12.1 Å². The third-order valence-corrected chi connectivity index (χ3v) is 3.61. The van der Waals surface area contributed by atoms with Crippen LogP contribution in [0.2, 0.25) is 5.02 Å². The average molecular weight is 297 g/mol. The van der Waals surface area contributed by atoms with Gasteiger partial charge < -0.3 is 4.90 Å². The molecule has 5 nitrogen and oxygen atoms in total. The lowest BCUT2D eigenvalue weighted by atomic mass is 10.1. The van der Waals surface area contributed by atoms with Crippen molar-refractivity contribution in [2.75, 3.05) is 6.54 Å². The number of carbonyl (C=O) groups excluding carboxylic acids is 1. The Morgan fingerprint density at radius 3 is 2.65 bits per heavy atom. The minimum Gasteiger partial charge on any atom is -0.335 e. The molecule has 0 aliphatic heterocycles. The maximum atomic E-state index is 12.6. The minimum absolute atomic E-state index is 0.0723. The van der Waals surface area contributed by atoms with Crippen LogP contribution in [-0.2, 0) is 0 Å². The summed E-state index contributed by atoms with van der Waals surface area (Å²) in [6, 6.07) is 4.61. The van der Waals surface area contributed by atoms with E-state index in [1.54, 1.807) is 11.0 Å². The minimum atomic E-state index is -0.566. The normalized spacial score (nSPS) is 14.4. The van der Waals surface area contributed by atoms with Crippen molar-refractivity contribution in [1.82, 2.24) is 4.90 Å². The van der Waals surface area contributed by atoms with E-state index < -0.39 is 4.92 Å². The second kappa shape index (κ2) is 5.79. The second-order valence-corrected chi connectivity index (χ2v) is 5.86. The fraction of sp³-hybridized carbons (Fsp3) is 0.500. The van der Waals surface area contributed by atoms with Crippen LogP contribution < -0.4 is 0 Å². The van der Waals surface area contributed by atoms with E-state index in [2.05, 4.69) is 0 Å². The summed E-state index contributed by atoms with van der Waals surface area (Å²) < 4.78 is 0. The predicted octanol–water partition coefficient (Wildman–Crippen LogP) is 3.51. The molecule has 0 heterocycles. The van der Waals surface area contributed by atoms with Crippen molar-refractivity contribution in [3.63, 3.8) is 0 Å². The molecule has 108 valence electrons. The van der Waals surface area contributed by atoms with Crippen molar-refractivity contribution in [1.29, 1.82) is 0 Å². The van der Waals surface area contributed by atoms with Gasteiger partial charge in [-0.1, -0.05) is 31.5 Å². The van der Waals surface area contributed by atoms with Crippen LogP contribution >= 0.6 is 11.6 Å². The number of nitrogens with zero attached hydrogens (tertiary/aromatic N) is 2. The standard InChI is InChI=1S/C14H17ClN2O3/c1-9(2)8-16(10-6-7-10)14(18)11-4-3-5-12(13(11)15)17(19)20/h3-5,9-10H,6-8H2,1-2H3. The topological polar surface area (TPSA) is 63.5 Å². The second-order valence-electron chi connectivity index (χ2n) is 5.48. The highest BCUT2D eigenvalue weighted by Crippen LogP contribution is 2.33. The van der Waals surface area contributed by atoms with E-state index >= 15 is 0 Å². The molecule has 0 bridgehead atoms. The molecule has 0 saturated heterocycles. The molecule has 0 atom stereocenters. The molecular weight excluding hydrogens is 280 g/mol. The molecule has 20 heavy (non-hydrogen) atoms. The Morgan fingerprint density at radius 1 is 1.50 bits per heavy atom. The first kappa shape index (κ1) is 14.8. The Hall–Kier alpha value is -1.62. The van der Waals surface area contributed by atoms with Crippen molar-refractivity contribution in [2.24, 2.45) is 5.92 Å². The first-order valence-corrected chi connectivity index (χ1v) is 7.03. The summed E-state index contributed by atoms with van der Waals surface area (Å²) >= 11 is 6.02. The van der Waals surface area contributed by atoms with Gasteiger partial charge in [-0.3, -0.25) is 14.9 Å². The van der Waals surface area contributed by atoms with E-state index in [0.717, 1.165) is 12.8 Å². The number of nitro benzene ring substituents is 1. The number of carbonyl (C=O) groups is 1. The first-order chi connectivity index (χ1) is 9.41. The maximum absolute atomic E-state index is 12.6. The molecule has 1 aliphatic rings. The van der Waals surface area contributed by atoms with Crippen molar-refractivity contribution in [2.45, 2.75) is 32.7 Å². The molecule has 0 aromatic heterocycles. The predicted molar refractivity (Wildman–Crippen MR) is 77.0 cm³/mol. The summed E-state index contributed by atoms with van der Waals surface area (Å²) in [5.41, 5.74) is -0.00812. The van der Waals surface area contributed by atoms with Gasteiger partial charge in [-0.05, 0) is 24.8 Å². The molecule has 1 aromatic rings. The van der Waals surface area contributed by atoms with Crippen LogP contribution in [0.5, 0.6) is 0 Å². The highest BCUT2D eigenvalue weighted by Gasteiger charge is 2.34. The molecule has 1 saturated carbocycles. The first-order valence-electron chi connectivity index (χ1n) is 6.65. The van der Waals surface area contributed by atoms with Gasteiger partial charge in [0.2, 0.25) is 0 Å². The molecule has 1 aliphatic carbocycles. The van der Waals surface area contributed by atoms with Gasteiger partial charge in [-0.2, -0.15) is 0 Å². The number of halogens is 1. The third kappa shape index (κ3) is 3.10. The largest absolute Gasteiger partial charge is 0.335 e. The molecule has 0 spiro atoms. The van der Waals surface area contributed by atoms with E-state index in [9.17, 15) is 14.9 Å². The van der Waals surface area contributed by atoms with Gasteiger partial charge >= 0.3 is 0 Å². The van der Waals surface area contributed by atoms with Gasteiger partial charge in [0.05, 0.1) is 10.5 Å². The average Bonchev–Trinajstić information content (AvgIpc) is 3.19. The van der Waals surface area contributed by atoms with Crippen LogP contribution in [0.4, 0.5) is 5.69 Å². The van der Waals surface area contributed by atoms with Gasteiger partial charge in [0.1, 0.15) is 5.02 Å². The number of rotatable bonds is 5. The summed E-state index contributed by atoms with van der Waals surface area (Å²) in [7, 11) is 0. The molecule has 1 amide bonds. The lowest BCUT2D eigenvalue weighted by Gasteiger charge is -2.24. The Labute approximate surface area is 122 Å². The molecule has 6 heteroatoms. The number of hydrogen-bond acceptors (Lipinski definition) is 3. The van der Waals surface area contributed by atoms with Crippen LogP contribution in [0.3, 0.4) is 0 Å². The van der Waals surface area contributed by atoms with Crippen LogP contribution in [0.1, 0.15) is 37.0 Å². The van der Waals surface area contributed by atoms with E-state index in [0.29, 0.717) is 12.5 Å². The highest BCUT2D eigenvalue weighted by molar-refractivity contribution is 6.35. The summed E-state index contributed by atoms with van der Waals surface area (Å²) in [5.74, 6) is 0.131. The van der Waals surface area contributed by atoms with Gasteiger partial charge in [0.15, 0.2) is 0 Å². The lowest BCUT2D eigenvalue weighted by Crippen LogP contribution is -2.36. The van der Waals surface area contributed by atoms with Crippen LogP contribution in [0, 0.1) is 16.0 Å². The molecule has 2 rings (SSSR count). The Balaban J connectivity index is 2.32. The van der Waals surface area contributed by atoms with E-state index in [-0.39, 0.29) is 28.2 Å². The zero-order chi connectivity index (χ0) is 14.9. The maximum Gasteiger partial charge on any atom is 0.288 e. The summed E-state index contributed by atoms with van der Waals surface area (Å²) in [4.78, 5) is 24.7. The Bertz CT molecular complexity index is 541. The van der Waals surface area contributed by atoms with E-state index in [1.807, 2.05) is 13.8 Å². The fourth-order valence-electron chi connectivity index (χ4n) is 2.16. The van der Waals surface area contributed by atoms with E-state index in [4.69, 9.17) is 11.6 Å². The Morgan fingerprint density at radius 2 is 2.15 bits per heavy atom. The van der Waals surface area contributed by atoms with Gasteiger partial charge in [0.25, 0.3) is 11.6 Å². The molecule has 0 unspecified atom stereocenters.